The summed E-state index contributed by atoms with van der Waals surface area (Å²) in [7, 11) is 0. The van der Waals surface area contributed by atoms with Crippen molar-refractivity contribution >= 4 is 12.2 Å². The molecule has 0 radical (unpaired) electrons. The van der Waals surface area contributed by atoms with E-state index in [4.69, 9.17) is 9.15 Å². The van der Waals surface area contributed by atoms with Gasteiger partial charge >= 0.3 is 0 Å². The van der Waals surface area contributed by atoms with Crippen LogP contribution in [0.4, 0.5) is 4.39 Å². The van der Waals surface area contributed by atoms with Gasteiger partial charge in [0.25, 0.3) is 5.91 Å². The molecule has 2 rings (SSSR count). The molecule has 1 heterocycles. The standard InChI is InChI=1S/C15H14FNO4/c1-10(15(19)17-8-12-5-3-7-20-12)21-14-11(9-18)4-2-6-13(14)16/h2-7,9-10H,8H2,1H3,(H,17,19). The highest BCUT2D eigenvalue weighted by Gasteiger charge is 2.18. The van der Waals surface area contributed by atoms with E-state index in [2.05, 4.69) is 5.32 Å². The molecule has 1 aromatic carbocycles. The van der Waals surface area contributed by atoms with Crippen molar-refractivity contribution in [2.24, 2.45) is 0 Å². The Kier molecular flexibility index (Phi) is 4.71. The van der Waals surface area contributed by atoms with Gasteiger partial charge in [-0.15, -0.1) is 0 Å². The van der Waals surface area contributed by atoms with E-state index in [1.54, 1.807) is 12.1 Å². The van der Waals surface area contributed by atoms with E-state index in [0.717, 1.165) is 6.07 Å². The van der Waals surface area contributed by atoms with Gasteiger partial charge in [-0.25, -0.2) is 4.39 Å². The highest BCUT2D eigenvalue weighted by atomic mass is 19.1. The molecule has 0 saturated carbocycles. The third-order valence-electron chi connectivity index (χ3n) is 2.81. The van der Waals surface area contributed by atoms with Crippen molar-refractivity contribution in [3.05, 3.63) is 53.7 Å². The fourth-order valence-electron chi connectivity index (χ4n) is 1.70. The third-order valence-corrected chi connectivity index (χ3v) is 2.81. The summed E-state index contributed by atoms with van der Waals surface area (Å²) >= 11 is 0. The smallest absolute Gasteiger partial charge is 0.261 e. The molecule has 5 nitrogen and oxygen atoms in total. The Balaban J connectivity index is 1.99. The second kappa shape index (κ2) is 6.69. The fourth-order valence-corrected chi connectivity index (χ4v) is 1.70. The van der Waals surface area contributed by atoms with E-state index in [9.17, 15) is 14.0 Å². The number of para-hydroxylation sites is 1. The predicted molar refractivity (Wildman–Crippen MR) is 72.4 cm³/mol. The molecule has 2 aromatic rings. The van der Waals surface area contributed by atoms with Crippen LogP contribution in [0.5, 0.6) is 5.75 Å². The summed E-state index contributed by atoms with van der Waals surface area (Å²) in [6, 6.07) is 7.40. The molecular formula is C15H14FNO4. The Hall–Kier alpha value is -2.63. The number of furan rings is 1. The number of rotatable bonds is 6. The van der Waals surface area contributed by atoms with Gasteiger partial charge in [0.2, 0.25) is 0 Å². The van der Waals surface area contributed by atoms with Crippen LogP contribution in [-0.4, -0.2) is 18.3 Å². The topological polar surface area (TPSA) is 68.5 Å². The normalized spacial score (nSPS) is 11.7. The van der Waals surface area contributed by atoms with Crippen molar-refractivity contribution in [2.45, 2.75) is 19.6 Å². The van der Waals surface area contributed by atoms with Gasteiger partial charge in [-0.3, -0.25) is 9.59 Å². The second-order valence-electron chi connectivity index (χ2n) is 4.33. The molecule has 21 heavy (non-hydrogen) atoms. The number of carbonyl (C=O) groups is 2. The van der Waals surface area contributed by atoms with Crippen molar-refractivity contribution < 1.29 is 23.1 Å². The van der Waals surface area contributed by atoms with Crippen molar-refractivity contribution in [1.29, 1.82) is 0 Å². The van der Waals surface area contributed by atoms with Gasteiger partial charge in [0.1, 0.15) is 5.76 Å². The predicted octanol–water partition coefficient (Wildman–Crippen LogP) is 2.31. The van der Waals surface area contributed by atoms with E-state index in [1.807, 2.05) is 0 Å². The van der Waals surface area contributed by atoms with Crippen molar-refractivity contribution in [2.75, 3.05) is 0 Å². The third kappa shape index (κ3) is 3.68. The van der Waals surface area contributed by atoms with Crippen molar-refractivity contribution in [3.8, 4) is 5.75 Å². The van der Waals surface area contributed by atoms with Gasteiger partial charge in [-0.1, -0.05) is 6.07 Å². The number of aldehydes is 1. The quantitative estimate of drug-likeness (QED) is 0.829. The van der Waals surface area contributed by atoms with Crippen LogP contribution in [0.3, 0.4) is 0 Å². The SMILES string of the molecule is CC(Oc1c(F)cccc1C=O)C(=O)NCc1ccco1. The Labute approximate surface area is 120 Å². The van der Waals surface area contributed by atoms with Crippen LogP contribution in [0.15, 0.2) is 41.0 Å². The minimum Gasteiger partial charge on any atom is -0.477 e. The first kappa shape index (κ1) is 14.8. The molecule has 0 bridgehead atoms. The molecule has 1 N–H and O–H groups in total. The minimum atomic E-state index is -0.949. The zero-order valence-electron chi connectivity index (χ0n) is 11.3. The van der Waals surface area contributed by atoms with E-state index < -0.39 is 17.8 Å². The van der Waals surface area contributed by atoms with E-state index >= 15 is 0 Å². The number of ether oxygens (including phenoxy) is 1. The lowest BCUT2D eigenvalue weighted by atomic mass is 10.2. The molecular weight excluding hydrogens is 277 g/mol. The second-order valence-corrected chi connectivity index (χ2v) is 4.33. The minimum absolute atomic E-state index is 0.0562. The Morgan fingerprint density at radius 1 is 1.43 bits per heavy atom. The number of nitrogens with one attached hydrogen (secondary N) is 1. The number of hydrogen-bond donors (Lipinski definition) is 1. The van der Waals surface area contributed by atoms with Crippen LogP contribution in [0.2, 0.25) is 0 Å². The molecule has 0 aliphatic carbocycles. The van der Waals surface area contributed by atoms with Crippen LogP contribution in [0.25, 0.3) is 0 Å². The summed E-state index contributed by atoms with van der Waals surface area (Å²) < 4.78 is 24.0. The maximum atomic E-state index is 13.6. The molecule has 0 saturated heterocycles. The van der Waals surface area contributed by atoms with Crippen molar-refractivity contribution in [1.82, 2.24) is 5.32 Å². The molecule has 0 aliphatic heterocycles. The molecule has 1 atom stereocenters. The molecule has 0 spiro atoms. The van der Waals surface area contributed by atoms with Gasteiger partial charge < -0.3 is 14.5 Å². The Morgan fingerprint density at radius 2 is 2.24 bits per heavy atom. The zero-order chi connectivity index (χ0) is 15.2. The molecule has 0 aliphatic rings. The van der Waals surface area contributed by atoms with Gasteiger partial charge in [0.05, 0.1) is 18.4 Å². The average Bonchev–Trinajstić information content (AvgIpc) is 3.00. The van der Waals surface area contributed by atoms with Crippen LogP contribution < -0.4 is 10.1 Å². The van der Waals surface area contributed by atoms with Crippen LogP contribution in [-0.2, 0) is 11.3 Å². The molecule has 110 valence electrons. The Bertz CT molecular complexity index is 625. The molecule has 0 fully saturated rings. The average molecular weight is 291 g/mol. The molecule has 1 unspecified atom stereocenters. The van der Waals surface area contributed by atoms with Crippen molar-refractivity contribution in [3.63, 3.8) is 0 Å². The van der Waals surface area contributed by atoms with Crippen LogP contribution in [0.1, 0.15) is 23.0 Å². The summed E-state index contributed by atoms with van der Waals surface area (Å²) in [5, 5.41) is 2.59. The largest absolute Gasteiger partial charge is 0.477 e. The van der Waals surface area contributed by atoms with E-state index in [-0.39, 0.29) is 17.9 Å². The number of carbonyl (C=O) groups excluding carboxylic acids is 2. The lowest BCUT2D eigenvalue weighted by molar-refractivity contribution is -0.127. The highest BCUT2D eigenvalue weighted by Crippen LogP contribution is 2.22. The highest BCUT2D eigenvalue weighted by molar-refractivity contribution is 5.82. The van der Waals surface area contributed by atoms with Gasteiger partial charge in [-0.2, -0.15) is 0 Å². The summed E-state index contributed by atoms with van der Waals surface area (Å²) in [5.74, 6) is -0.764. The summed E-state index contributed by atoms with van der Waals surface area (Å²) in [6.45, 7) is 1.68. The van der Waals surface area contributed by atoms with Crippen LogP contribution >= 0.6 is 0 Å². The zero-order valence-corrected chi connectivity index (χ0v) is 11.3. The summed E-state index contributed by atoms with van der Waals surface area (Å²) in [6.07, 6.45) is 1.03. The first-order valence-electron chi connectivity index (χ1n) is 6.32. The maximum Gasteiger partial charge on any atom is 0.261 e. The molecule has 1 aromatic heterocycles. The summed E-state index contributed by atoms with van der Waals surface area (Å²) in [5.41, 5.74) is 0.0562. The van der Waals surface area contributed by atoms with Gasteiger partial charge in [0.15, 0.2) is 24.0 Å². The lowest BCUT2D eigenvalue weighted by Crippen LogP contribution is -2.36. The number of amides is 1. The van der Waals surface area contributed by atoms with Crippen LogP contribution in [0, 0.1) is 5.82 Å². The summed E-state index contributed by atoms with van der Waals surface area (Å²) in [4.78, 5) is 22.7. The van der Waals surface area contributed by atoms with Gasteiger partial charge in [0, 0.05) is 0 Å². The van der Waals surface area contributed by atoms with Gasteiger partial charge in [-0.05, 0) is 31.2 Å². The maximum absolute atomic E-state index is 13.6. The number of benzene rings is 1. The van der Waals surface area contributed by atoms with E-state index in [1.165, 1.54) is 25.3 Å². The lowest BCUT2D eigenvalue weighted by Gasteiger charge is -2.16. The monoisotopic (exact) mass is 291 g/mol. The number of hydrogen-bond acceptors (Lipinski definition) is 4. The molecule has 6 heteroatoms. The first-order valence-corrected chi connectivity index (χ1v) is 6.32. The molecule has 1 amide bonds. The fraction of sp³-hybridized carbons (Fsp3) is 0.200. The van der Waals surface area contributed by atoms with E-state index in [0.29, 0.717) is 12.0 Å². The Morgan fingerprint density at radius 3 is 2.90 bits per heavy atom. The number of halogens is 1. The first-order chi connectivity index (χ1) is 10.1.